The number of rotatable bonds is 5. The first kappa shape index (κ1) is 14.6. The van der Waals surface area contributed by atoms with Crippen LogP contribution in [-0.2, 0) is 6.42 Å². The second-order valence-corrected chi connectivity index (χ2v) is 5.45. The SMILES string of the molecule is CNCCc1cc(N(C)C)c2cccc(N(C)C)c2n1. The topological polar surface area (TPSA) is 31.4 Å². The molecule has 0 atom stereocenters. The average molecular weight is 272 g/mol. The fraction of sp³-hybridized carbons (Fsp3) is 0.438. The van der Waals surface area contributed by atoms with Crippen LogP contribution in [-0.4, -0.2) is 46.8 Å². The molecule has 2 aromatic rings. The van der Waals surface area contributed by atoms with Gasteiger partial charge in [0.25, 0.3) is 0 Å². The Balaban J connectivity index is 2.65. The summed E-state index contributed by atoms with van der Waals surface area (Å²) in [5.74, 6) is 0. The number of hydrogen-bond acceptors (Lipinski definition) is 4. The smallest absolute Gasteiger partial charge is 0.0959 e. The lowest BCUT2D eigenvalue weighted by molar-refractivity contribution is 0.779. The highest BCUT2D eigenvalue weighted by Crippen LogP contribution is 2.31. The standard InChI is InChI=1S/C16H24N4/c1-17-10-9-12-11-15(20(4)5)13-7-6-8-14(19(2)3)16(13)18-12/h6-8,11,17H,9-10H2,1-5H3. The molecule has 4 nitrogen and oxygen atoms in total. The maximum Gasteiger partial charge on any atom is 0.0959 e. The predicted molar refractivity (Wildman–Crippen MR) is 88.0 cm³/mol. The van der Waals surface area contributed by atoms with Crippen LogP contribution in [0.1, 0.15) is 5.69 Å². The number of hydrogen-bond donors (Lipinski definition) is 1. The summed E-state index contributed by atoms with van der Waals surface area (Å²) in [6, 6.07) is 8.56. The summed E-state index contributed by atoms with van der Waals surface area (Å²) in [5.41, 5.74) is 4.60. The van der Waals surface area contributed by atoms with Gasteiger partial charge in [0.15, 0.2) is 0 Å². The van der Waals surface area contributed by atoms with Crippen LogP contribution in [0.15, 0.2) is 24.3 Å². The largest absolute Gasteiger partial charge is 0.377 e. The lowest BCUT2D eigenvalue weighted by Crippen LogP contribution is -2.15. The molecule has 1 N–H and O–H groups in total. The van der Waals surface area contributed by atoms with E-state index >= 15 is 0 Å². The van der Waals surface area contributed by atoms with Crippen molar-refractivity contribution in [3.63, 3.8) is 0 Å². The predicted octanol–water partition coefficient (Wildman–Crippen LogP) is 2.13. The minimum atomic E-state index is 0.940. The van der Waals surface area contributed by atoms with E-state index in [0.717, 1.165) is 29.9 Å². The molecule has 0 aliphatic heterocycles. The monoisotopic (exact) mass is 272 g/mol. The van der Waals surface area contributed by atoms with Gasteiger partial charge in [0, 0.05) is 57.9 Å². The molecule has 4 heteroatoms. The first-order valence-corrected chi connectivity index (χ1v) is 6.96. The molecule has 0 fully saturated rings. The van der Waals surface area contributed by atoms with E-state index in [1.54, 1.807) is 0 Å². The molecule has 1 aromatic heterocycles. The Morgan fingerprint density at radius 3 is 2.35 bits per heavy atom. The summed E-state index contributed by atoms with van der Waals surface area (Å²) in [6.07, 6.45) is 0.940. The van der Waals surface area contributed by atoms with Gasteiger partial charge in [-0.25, -0.2) is 0 Å². The van der Waals surface area contributed by atoms with Gasteiger partial charge >= 0.3 is 0 Å². The van der Waals surface area contributed by atoms with Crippen molar-refractivity contribution < 1.29 is 0 Å². The van der Waals surface area contributed by atoms with Crippen LogP contribution in [0.3, 0.4) is 0 Å². The van der Waals surface area contributed by atoms with E-state index < -0.39 is 0 Å². The van der Waals surface area contributed by atoms with Gasteiger partial charge in [-0.05, 0) is 19.2 Å². The molecule has 1 aromatic carbocycles. The second-order valence-electron chi connectivity index (χ2n) is 5.45. The molecular formula is C16H24N4. The van der Waals surface area contributed by atoms with Crippen LogP contribution in [0.2, 0.25) is 0 Å². The lowest BCUT2D eigenvalue weighted by Gasteiger charge is -2.20. The Morgan fingerprint density at radius 2 is 1.75 bits per heavy atom. The fourth-order valence-corrected chi connectivity index (χ4v) is 2.38. The molecule has 0 saturated heterocycles. The molecule has 0 unspecified atom stereocenters. The number of benzene rings is 1. The number of aromatic nitrogens is 1. The van der Waals surface area contributed by atoms with E-state index in [2.05, 4.69) is 67.6 Å². The summed E-state index contributed by atoms with van der Waals surface area (Å²) in [6.45, 7) is 0.940. The van der Waals surface area contributed by atoms with Crippen LogP contribution in [0.5, 0.6) is 0 Å². The fourth-order valence-electron chi connectivity index (χ4n) is 2.38. The van der Waals surface area contributed by atoms with Crippen molar-refractivity contribution in [3.05, 3.63) is 30.0 Å². The van der Waals surface area contributed by atoms with Crippen LogP contribution in [0.4, 0.5) is 11.4 Å². The van der Waals surface area contributed by atoms with E-state index in [9.17, 15) is 0 Å². The number of nitrogens with zero attached hydrogens (tertiary/aromatic N) is 3. The molecule has 1 heterocycles. The third-order valence-electron chi connectivity index (χ3n) is 3.44. The molecule has 0 amide bonds. The highest BCUT2D eigenvalue weighted by molar-refractivity contribution is 5.99. The summed E-state index contributed by atoms with van der Waals surface area (Å²) in [4.78, 5) is 9.15. The number of para-hydroxylation sites is 1. The lowest BCUT2D eigenvalue weighted by atomic mass is 10.1. The van der Waals surface area contributed by atoms with Gasteiger partial charge in [0.2, 0.25) is 0 Å². The van der Waals surface area contributed by atoms with Gasteiger partial charge < -0.3 is 15.1 Å². The third-order valence-corrected chi connectivity index (χ3v) is 3.44. The van der Waals surface area contributed by atoms with Crippen LogP contribution in [0.25, 0.3) is 10.9 Å². The number of fused-ring (bicyclic) bond motifs is 1. The molecule has 108 valence electrons. The van der Waals surface area contributed by atoms with Crippen molar-refractivity contribution in [2.24, 2.45) is 0 Å². The van der Waals surface area contributed by atoms with E-state index in [1.807, 2.05) is 7.05 Å². The van der Waals surface area contributed by atoms with Crippen LogP contribution in [0, 0.1) is 0 Å². The zero-order valence-electron chi connectivity index (χ0n) is 13.1. The normalized spacial score (nSPS) is 10.8. The summed E-state index contributed by atoms with van der Waals surface area (Å²) in [7, 11) is 10.3. The third kappa shape index (κ3) is 2.85. The van der Waals surface area contributed by atoms with Gasteiger partial charge in [0.1, 0.15) is 0 Å². The molecule has 0 aliphatic carbocycles. The molecule has 0 aliphatic rings. The Kier molecular flexibility index (Phi) is 4.45. The summed E-state index contributed by atoms with van der Waals surface area (Å²) < 4.78 is 0. The van der Waals surface area contributed by atoms with Crippen LogP contribution < -0.4 is 15.1 Å². The van der Waals surface area contributed by atoms with Crippen molar-refractivity contribution in [2.45, 2.75) is 6.42 Å². The van der Waals surface area contributed by atoms with Crippen LogP contribution >= 0.6 is 0 Å². The molecular weight excluding hydrogens is 248 g/mol. The van der Waals surface area contributed by atoms with Crippen molar-refractivity contribution in [1.29, 1.82) is 0 Å². The maximum atomic E-state index is 4.87. The average Bonchev–Trinajstić information content (AvgIpc) is 2.43. The van der Waals surface area contributed by atoms with Gasteiger partial charge in [-0.3, -0.25) is 4.98 Å². The number of pyridine rings is 1. The summed E-state index contributed by atoms with van der Waals surface area (Å²) in [5, 5.41) is 4.39. The van der Waals surface area contributed by atoms with Gasteiger partial charge in [0.05, 0.1) is 11.2 Å². The Bertz CT molecular complexity index is 590. The van der Waals surface area contributed by atoms with Crippen molar-refractivity contribution in [1.82, 2.24) is 10.3 Å². The van der Waals surface area contributed by atoms with E-state index in [0.29, 0.717) is 0 Å². The van der Waals surface area contributed by atoms with E-state index in [4.69, 9.17) is 4.98 Å². The van der Waals surface area contributed by atoms with E-state index in [1.165, 1.54) is 11.1 Å². The maximum absolute atomic E-state index is 4.87. The molecule has 2 rings (SSSR count). The Hall–Kier alpha value is -1.81. The van der Waals surface area contributed by atoms with Gasteiger partial charge in [-0.15, -0.1) is 0 Å². The van der Waals surface area contributed by atoms with Crippen molar-refractivity contribution in [3.8, 4) is 0 Å². The quantitative estimate of drug-likeness (QED) is 0.903. The van der Waals surface area contributed by atoms with E-state index in [-0.39, 0.29) is 0 Å². The highest BCUT2D eigenvalue weighted by Gasteiger charge is 2.11. The second kappa shape index (κ2) is 6.09. The molecule has 0 saturated carbocycles. The van der Waals surface area contributed by atoms with Gasteiger partial charge in [-0.1, -0.05) is 12.1 Å². The van der Waals surface area contributed by atoms with Crippen molar-refractivity contribution >= 4 is 22.3 Å². The molecule has 0 spiro atoms. The van der Waals surface area contributed by atoms with Gasteiger partial charge in [-0.2, -0.15) is 0 Å². The highest BCUT2D eigenvalue weighted by atomic mass is 15.1. The zero-order valence-corrected chi connectivity index (χ0v) is 13.1. The number of likely N-dealkylation sites (N-methyl/N-ethyl adjacent to an activating group) is 1. The Labute approximate surface area is 121 Å². The number of nitrogens with one attached hydrogen (secondary N) is 1. The Morgan fingerprint density at radius 1 is 1.05 bits per heavy atom. The molecule has 0 radical (unpaired) electrons. The summed E-state index contributed by atoms with van der Waals surface area (Å²) >= 11 is 0. The zero-order chi connectivity index (χ0) is 14.7. The first-order valence-electron chi connectivity index (χ1n) is 6.96. The molecule has 20 heavy (non-hydrogen) atoms. The minimum Gasteiger partial charge on any atom is -0.377 e. The minimum absolute atomic E-state index is 0.940. The number of anilines is 2. The first-order chi connectivity index (χ1) is 9.54. The molecule has 0 bridgehead atoms. The van der Waals surface area contributed by atoms with Crippen molar-refractivity contribution in [2.75, 3.05) is 51.6 Å².